The van der Waals surface area contributed by atoms with Crippen molar-refractivity contribution in [1.29, 1.82) is 0 Å². The Kier molecular flexibility index (Phi) is 16.7. The number of carbonyl (C=O) groups excluding carboxylic acids is 1. The van der Waals surface area contributed by atoms with Crippen LogP contribution in [0.2, 0.25) is 0 Å². The first-order valence-corrected chi connectivity index (χ1v) is 12.3. The number of rotatable bonds is 19. The second-order valence-corrected chi connectivity index (χ2v) is 8.89. The van der Waals surface area contributed by atoms with Crippen LogP contribution < -0.4 is 0 Å². The maximum absolute atomic E-state index is 11.2. The summed E-state index contributed by atoms with van der Waals surface area (Å²) in [6.45, 7) is 5.54. The van der Waals surface area contributed by atoms with Crippen molar-refractivity contribution in [3.63, 3.8) is 0 Å². The number of ether oxygens (including phenoxy) is 1. The van der Waals surface area contributed by atoms with Crippen LogP contribution in [0.3, 0.4) is 0 Å². The summed E-state index contributed by atoms with van der Waals surface area (Å²) in [5.41, 5.74) is 0. The lowest BCUT2D eigenvalue weighted by atomic mass is 10.0. The van der Waals surface area contributed by atoms with E-state index in [-0.39, 0.29) is 0 Å². The van der Waals surface area contributed by atoms with Crippen molar-refractivity contribution in [2.24, 2.45) is 0 Å². The minimum absolute atomic E-state index is 0.442. The van der Waals surface area contributed by atoms with E-state index >= 15 is 0 Å². The molecule has 1 atom stereocenters. The second-order valence-electron chi connectivity index (χ2n) is 7.40. The first kappa shape index (κ1) is 26.1. The van der Waals surface area contributed by atoms with Crippen molar-refractivity contribution in [3.05, 3.63) is 12.7 Å². The number of unbranched alkanes of at least 4 members (excludes halogenated alkanes) is 13. The van der Waals surface area contributed by atoms with Crippen molar-refractivity contribution in [1.82, 2.24) is 0 Å². The van der Waals surface area contributed by atoms with Gasteiger partial charge in [0.05, 0.1) is 0 Å². The molecule has 0 aromatic heterocycles. The molecule has 1 N–H and O–H groups in total. The lowest BCUT2D eigenvalue weighted by molar-refractivity contribution is -0.142. The van der Waals surface area contributed by atoms with Gasteiger partial charge in [-0.3, -0.25) is 4.55 Å². The van der Waals surface area contributed by atoms with E-state index in [9.17, 15) is 13.2 Å². The lowest BCUT2D eigenvalue weighted by Crippen LogP contribution is -2.26. The van der Waals surface area contributed by atoms with Crippen molar-refractivity contribution < 1.29 is 22.5 Å². The molecule has 27 heavy (non-hydrogen) atoms. The molecule has 0 amide bonds. The molecule has 0 spiro atoms. The maximum Gasteiger partial charge on any atom is 0.330 e. The van der Waals surface area contributed by atoms with Gasteiger partial charge in [0.2, 0.25) is 0 Å². The molecule has 0 aliphatic rings. The normalized spacial score (nSPS) is 12.7. The fraction of sp³-hybridized carbons (Fsp3) is 0.857. The Morgan fingerprint density at radius 2 is 1.30 bits per heavy atom. The van der Waals surface area contributed by atoms with Crippen molar-refractivity contribution in [2.45, 2.75) is 109 Å². The molecule has 0 fully saturated rings. The van der Waals surface area contributed by atoms with Crippen molar-refractivity contribution >= 4 is 16.1 Å². The predicted octanol–water partition coefficient (Wildman–Crippen LogP) is 5.84. The van der Waals surface area contributed by atoms with Gasteiger partial charge in [-0.05, 0) is 12.8 Å². The standard InChI is InChI=1S/C21H40O5S/c1-3-5-6-7-8-9-10-11-12-13-14-15-16-17-18-20(19-27(23,24)25)26-21(22)4-2/h4,20H,2-3,5-19H2,1H3,(H,23,24,25). The van der Waals surface area contributed by atoms with Crippen LogP contribution in [0.5, 0.6) is 0 Å². The molecular weight excluding hydrogens is 364 g/mol. The van der Waals surface area contributed by atoms with Gasteiger partial charge in [-0.15, -0.1) is 0 Å². The SMILES string of the molecule is C=CC(=O)OC(CCCCCCCCCCCCCCCC)CS(=O)(=O)O. The molecule has 0 aromatic rings. The summed E-state index contributed by atoms with van der Waals surface area (Å²) in [6.07, 6.45) is 18.1. The molecule has 0 heterocycles. The summed E-state index contributed by atoms with van der Waals surface area (Å²) in [5.74, 6) is -1.21. The molecule has 0 bridgehead atoms. The van der Waals surface area contributed by atoms with Crippen LogP contribution in [0.4, 0.5) is 0 Å². The molecule has 1 unspecified atom stereocenters. The van der Waals surface area contributed by atoms with E-state index in [2.05, 4.69) is 13.5 Å². The highest BCUT2D eigenvalue weighted by molar-refractivity contribution is 7.85. The molecule has 0 rings (SSSR count). The van der Waals surface area contributed by atoms with Gasteiger partial charge in [0, 0.05) is 6.08 Å². The third kappa shape index (κ3) is 19.7. The largest absolute Gasteiger partial charge is 0.458 e. The molecule has 6 heteroatoms. The molecule has 0 saturated heterocycles. The van der Waals surface area contributed by atoms with E-state index in [1.807, 2.05) is 0 Å². The highest BCUT2D eigenvalue weighted by Crippen LogP contribution is 2.15. The maximum atomic E-state index is 11.2. The van der Waals surface area contributed by atoms with E-state index in [4.69, 9.17) is 9.29 Å². The summed E-state index contributed by atoms with van der Waals surface area (Å²) >= 11 is 0. The fourth-order valence-electron chi connectivity index (χ4n) is 3.19. The average molecular weight is 405 g/mol. The number of esters is 1. The van der Waals surface area contributed by atoms with E-state index in [0.29, 0.717) is 6.42 Å². The summed E-state index contributed by atoms with van der Waals surface area (Å²) in [5, 5.41) is 0. The Morgan fingerprint density at radius 3 is 1.67 bits per heavy atom. The van der Waals surface area contributed by atoms with E-state index in [1.54, 1.807) is 0 Å². The lowest BCUT2D eigenvalue weighted by Gasteiger charge is -2.15. The zero-order chi connectivity index (χ0) is 20.4. The van der Waals surface area contributed by atoms with E-state index in [0.717, 1.165) is 25.3 Å². The van der Waals surface area contributed by atoms with Crippen LogP contribution in [0.1, 0.15) is 103 Å². The number of carbonyl (C=O) groups is 1. The number of hydrogen-bond acceptors (Lipinski definition) is 4. The van der Waals surface area contributed by atoms with Crippen LogP contribution in [0.25, 0.3) is 0 Å². The average Bonchev–Trinajstić information content (AvgIpc) is 2.60. The summed E-state index contributed by atoms with van der Waals surface area (Å²) in [6, 6.07) is 0. The van der Waals surface area contributed by atoms with Crippen LogP contribution in [-0.4, -0.2) is 30.8 Å². The zero-order valence-corrected chi connectivity index (χ0v) is 18.0. The molecule has 0 aliphatic carbocycles. The van der Waals surface area contributed by atoms with Gasteiger partial charge in [0.25, 0.3) is 10.1 Å². The summed E-state index contributed by atoms with van der Waals surface area (Å²) in [7, 11) is -4.16. The third-order valence-corrected chi connectivity index (χ3v) is 5.52. The second kappa shape index (κ2) is 17.2. The van der Waals surface area contributed by atoms with Crippen LogP contribution in [0.15, 0.2) is 12.7 Å². The quantitative estimate of drug-likeness (QED) is 0.126. The molecule has 0 aliphatic heterocycles. The van der Waals surface area contributed by atoms with Crippen LogP contribution in [0, 0.1) is 0 Å². The van der Waals surface area contributed by atoms with Gasteiger partial charge >= 0.3 is 5.97 Å². The van der Waals surface area contributed by atoms with Gasteiger partial charge in [-0.2, -0.15) is 8.42 Å². The smallest absolute Gasteiger partial charge is 0.330 e. The fourth-order valence-corrected chi connectivity index (χ4v) is 3.89. The van der Waals surface area contributed by atoms with Gasteiger partial charge in [-0.1, -0.05) is 97.0 Å². The Morgan fingerprint density at radius 1 is 0.889 bits per heavy atom. The van der Waals surface area contributed by atoms with E-state index < -0.39 is 27.9 Å². The van der Waals surface area contributed by atoms with Gasteiger partial charge in [0.15, 0.2) is 0 Å². The molecule has 160 valence electrons. The predicted molar refractivity (Wildman–Crippen MR) is 111 cm³/mol. The Bertz CT molecular complexity index is 473. The zero-order valence-electron chi connectivity index (χ0n) is 17.2. The molecule has 0 aromatic carbocycles. The highest BCUT2D eigenvalue weighted by atomic mass is 32.2. The first-order valence-electron chi connectivity index (χ1n) is 10.7. The minimum atomic E-state index is -4.16. The Balaban J connectivity index is 3.59. The van der Waals surface area contributed by atoms with Gasteiger partial charge < -0.3 is 4.74 Å². The topological polar surface area (TPSA) is 80.7 Å². The van der Waals surface area contributed by atoms with Crippen molar-refractivity contribution in [3.8, 4) is 0 Å². The molecular formula is C21H40O5S. The molecule has 0 radical (unpaired) electrons. The minimum Gasteiger partial charge on any atom is -0.458 e. The Hall–Kier alpha value is -0.880. The third-order valence-electron chi connectivity index (χ3n) is 4.73. The van der Waals surface area contributed by atoms with Crippen LogP contribution >= 0.6 is 0 Å². The monoisotopic (exact) mass is 404 g/mol. The highest BCUT2D eigenvalue weighted by Gasteiger charge is 2.19. The van der Waals surface area contributed by atoms with Crippen molar-refractivity contribution in [2.75, 3.05) is 5.75 Å². The number of hydrogen-bond donors (Lipinski definition) is 1. The van der Waals surface area contributed by atoms with Gasteiger partial charge in [-0.25, -0.2) is 4.79 Å². The molecule has 0 saturated carbocycles. The van der Waals surface area contributed by atoms with E-state index in [1.165, 1.54) is 70.6 Å². The van der Waals surface area contributed by atoms with Gasteiger partial charge in [0.1, 0.15) is 11.9 Å². The van der Waals surface area contributed by atoms with Crippen LogP contribution in [-0.2, 0) is 19.6 Å². The first-order chi connectivity index (χ1) is 12.9. The summed E-state index contributed by atoms with van der Waals surface area (Å²) < 4.78 is 35.9. The molecule has 5 nitrogen and oxygen atoms in total. The Labute approximate surface area is 166 Å². The summed E-state index contributed by atoms with van der Waals surface area (Å²) in [4.78, 5) is 11.2.